The van der Waals surface area contributed by atoms with Crippen LogP contribution in [0.1, 0.15) is 5.56 Å². The summed E-state index contributed by atoms with van der Waals surface area (Å²) in [6.45, 7) is 3.51. The van der Waals surface area contributed by atoms with Crippen LogP contribution < -0.4 is 0 Å². The largest absolute Gasteiger partial charge is 0.270 e. The Morgan fingerprint density at radius 1 is 1.46 bits per heavy atom. The second kappa shape index (κ2) is 4.21. The van der Waals surface area contributed by atoms with Crippen LogP contribution in [0.4, 0.5) is 5.69 Å². The summed E-state index contributed by atoms with van der Waals surface area (Å²) in [5.41, 5.74) is 0.903. The molecule has 0 atom stereocenters. The average molecular weight is 175 g/mol. The van der Waals surface area contributed by atoms with Crippen molar-refractivity contribution in [2.75, 3.05) is 0 Å². The van der Waals surface area contributed by atoms with E-state index in [2.05, 4.69) is 6.58 Å². The van der Waals surface area contributed by atoms with Crippen LogP contribution in [0, 0.1) is 10.1 Å². The minimum absolute atomic E-state index is 0.103. The van der Waals surface area contributed by atoms with Crippen molar-refractivity contribution >= 4 is 11.8 Å². The summed E-state index contributed by atoms with van der Waals surface area (Å²) in [5, 5.41) is 10.4. The number of hydrogen-bond acceptors (Lipinski definition) is 2. The Hall–Kier alpha value is -1.90. The number of nitrogens with zero attached hydrogens (tertiary/aromatic N) is 1. The van der Waals surface area contributed by atoms with E-state index in [1.165, 1.54) is 12.1 Å². The molecule has 13 heavy (non-hydrogen) atoms. The van der Waals surface area contributed by atoms with Gasteiger partial charge in [0.1, 0.15) is 0 Å². The van der Waals surface area contributed by atoms with Gasteiger partial charge in [-0.15, -0.1) is 0 Å². The van der Waals surface area contributed by atoms with Crippen molar-refractivity contribution in [2.24, 2.45) is 0 Å². The number of benzene rings is 1. The summed E-state index contributed by atoms with van der Waals surface area (Å²) in [4.78, 5) is 9.98. The molecule has 0 aliphatic heterocycles. The minimum atomic E-state index is -0.411. The minimum Gasteiger partial charge on any atom is -0.258 e. The lowest BCUT2D eigenvalue weighted by Gasteiger charge is -1.92. The number of nitro benzene ring substituents is 1. The number of rotatable bonds is 3. The molecule has 3 nitrogen and oxygen atoms in total. The molecule has 0 saturated heterocycles. The molecule has 0 amide bonds. The van der Waals surface area contributed by atoms with Gasteiger partial charge in [0, 0.05) is 12.1 Å². The summed E-state index contributed by atoms with van der Waals surface area (Å²) in [7, 11) is 0. The van der Waals surface area contributed by atoms with E-state index in [1.54, 1.807) is 30.4 Å². The molecule has 1 rings (SSSR count). The fourth-order valence-corrected chi connectivity index (χ4v) is 0.921. The standard InChI is InChI=1S/C10H9NO2/c1-2-3-5-9-6-4-7-10(8-9)11(12)13/h2-8H,1H2/b5-3+. The van der Waals surface area contributed by atoms with Crippen LogP contribution in [0.15, 0.2) is 43.0 Å². The van der Waals surface area contributed by atoms with Gasteiger partial charge < -0.3 is 0 Å². The predicted molar refractivity (Wildman–Crippen MR) is 52.3 cm³/mol. The first kappa shape index (κ1) is 9.19. The zero-order valence-corrected chi connectivity index (χ0v) is 7.01. The highest BCUT2D eigenvalue weighted by atomic mass is 16.6. The van der Waals surface area contributed by atoms with Gasteiger partial charge in [-0.1, -0.05) is 36.9 Å². The maximum atomic E-state index is 10.4. The van der Waals surface area contributed by atoms with E-state index in [0.717, 1.165) is 5.56 Å². The first-order chi connectivity index (χ1) is 6.24. The van der Waals surface area contributed by atoms with E-state index in [0.29, 0.717) is 0 Å². The normalized spacial score (nSPS) is 10.2. The van der Waals surface area contributed by atoms with Crippen molar-refractivity contribution in [3.8, 4) is 0 Å². The van der Waals surface area contributed by atoms with E-state index >= 15 is 0 Å². The molecule has 0 unspecified atom stereocenters. The number of nitro groups is 1. The maximum Gasteiger partial charge on any atom is 0.270 e. The van der Waals surface area contributed by atoms with Gasteiger partial charge in [0.05, 0.1) is 4.92 Å². The predicted octanol–water partition coefficient (Wildman–Crippen LogP) is 2.79. The van der Waals surface area contributed by atoms with E-state index in [9.17, 15) is 10.1 Å². The Morgan fingerprint density at radius 2 is 2.23 bits per heavy atom. The van der Waals surface area contributed by atoms with E-state index < -0.39 is 4.92 Å². The van der Waals surface area contributed by atoms with E-state index in [1.807, 2.05) is 0 Å². The molecule has 1 aromatic rings. The van der Waals surface area contributed by atoms with E-state index in [4.69, 9.17) is 0 Å². The third-order valence-corrected chi connectivity index (χ3v) is 1.51. The smallest absolute Gasteiger partial charge is 0.258 e. The lowest BCUT2D eigenvalue weighted by molar-refractivity contribution is -0.384. The van der Waals surface area contributed by atoms with Crippen molar-refractivity contribution in [3.63, 3.8) is 0 Å². The molecule has 0 aromatic heterocycles. The molecule has 0 aliphatic carbocycles. The Kier molecular flexibility index (Phi) is 2.97. The lowest BCUT2D eigenvalue weighted by Crippen LogP contribution is -1.87. The van der Waals surface area contributed by atoms with Crippen LogP contribution in [0.5, 0.6) is 0 Å². The number of allylic oxidation sites excluding steroid dienone is 2. The summed E-state index contributed by atoms with van der Waals surface area (Å²) in [6.07, 6.45) is 5.12. The molecule has 1 aromatic carbocycles. The van der Waals surface area contributed by atoms with Crippen LogP contribution in [0.2, 0.25) is 0 Å². The van der Waals surface area contributed by atoms with Crippen molar-refractivity contribution in [1.29, 1.82) is 0 Å². The Bertz CT molecular complexity index is 356. The monoisotopic (exact) mass is 175 g/mol. The summed E-state index contributed by atoms with van der Waals surface area (Å²) in [5.74, 6) is 0. The first-order valence-electron chi connectivity index (χ1n) is 3.77. The molecular weight excluding hydrogens is 166 g/mol. The summed E-state index contributed by atoms with van der Waals surface area (Å²) in [6, 6.07) is 6.43. The molecule has 0 spiro atoms. The summed E-state index contributed by atoms with van der Waals surface area (Å²) < 4.78 is 0. The second-order valence-corrected chi connectivity index (χ2v) is 2.45. The lowest BCUT2D eigenvalue weighted by atomic mass is 10.2. The zero-order chi connectivity index (χ0) is 9.68. The van der Waals surface area contributed by atoms with Gasteiger partial charge in [0.2, 0.25) is 0 Å². The molecule has 0 bridgehead atoms. The maximum absolute atomic E-state index is 10.4. The summed E-state index contributed by atoms with van der Waals surface area (Å²) >= 11 is 0. The van der Waals surface area contributed by atoms with Crippen LogP contribution in [-0.4, -0.2) is 4.92 Å². The highest BCUT2D eigenvalue weighted by Crippen LogP contribution is 2.13. The van der Waals surface area contributed by atoms with Gasteiger partial charge in [-0.2, -0.15) is 0 Å². The number of non-ortho nitro benzene ring substituents is 1. The van der Waals surface area contributed by atoms with Crippen molar-refractivity contribution in [1.82, 2.24) is 0 Å². The number of hydrogen-bond donors (Lipinski definition) is 0. The molecule has 0 fully saturated rings. The molecule has 0 aliphatic rings. The zero-order valence-electron chi connectivity index (χ0n) is 7.01. The third-order valence-electron chi connectivity index (χ3n) is 1.51. The van der Waals surface area contributed by atoms with Crippen molar-refractivity contribution in [2.45, 2.75) is 0 Å². The van der Waals surface area contributed by atoms with Crippen LogP contribution in [-0.2, 0) is 0 Å². The van der Waals surface area contributed by atoms with Gasteiger partial charge in [0.25, 0.3) is 5.69 Å². The molecule has 3 heteroatoms. The van der Waals surface area contributed by atoms with Gasteiger partial charge >= 0.3 is 0 Å². The highest BCUT2D eigenvalue weighted by Gasteiger charge is 2.02. The third kappa shape index (κ3) is 2.56. The first-order valence-corrected chi connectivity index (χ1v) is 3.77. The van der Waals surface area contributed by atoms with Crippen molar-refractivity contribution in [3.05, 3.63) is 58.7 Å². The molecule has 0 saturated carbocycles. The Labute approximate surface area is 76.2 Å². The fraction of sp³-hybridized carbons (Fsp3) is 0. The van der Waals surface area contributed by atoms with Gasteiger partial charge in [-0.05, 0) is 5.56 Å². The average Bonchev–Trinajstić information content (AvgIpc) is 2.15. The second-order valence-electron chi connectivity index (χ2n) is 2.45. The molecule has 0 heterocycles. The van der Waals surface area contributed by atoms with Crippen molar-refractivity contribution < 1.29 is 4.92 Å². The highest BCUT2D eigenvalue weighted by molar-refractivity contribution is 5.54. The van der Waals surface area contributed by atoms with Crippen LogP contribution >= 0.6 is 0 Å². The van der Waals surface area contributed by atoms with Gasteiger partial charge in [-0.25, -0.2) is 0 Å². The SMILES string of the molecule is C=C/C=C/c1cccc([N+](=O)[O-])c1. The van der Waals surface area contributed by atoms with Crippen LogP contribution in [0.3, 0.4) is 0 Å². The molecular formula is C10H9NO2. The molecule has 0 radical (unpaired) electrons. The molecule has 0 N–H and O–H groups in total. The Balaban J connectivity index is 2.98. The van der Waals surface area contributed by atoms with Gasteiger partial charge in [0.15, 0.2) is 0 Å². The topological polar surface area (TPSA) is 43.1 Å². The fourth-order valence-electron chi connectivity index (χ4n) is 0.921. The quantitative estimate of drug-likeness (QED) is 0.402. The molecule has 66 valence electrons. The Morgan fingerprint density at radius 3 is 2.85 bits per heavy atom. The van der Waals surface area contributed by atoms with Gasteiger partial charge in [-0.3, -0.25) is 10.1 Å². The van der Waals surface area contributed by atoms with Crippen LogP contribution in [0.25, 0.3) is 6.08 Å². The van der Waals surface area contributed by atoms with E-state index in [-0.39, 0.29) is 5.69 Å².